The molecule has 0 bridgehead atoms. The van der Waals surface area contributed by atoms with Crippen molar-refractivity contribution in [2.24, 2.45) is 0 Å². The molecule has 0 radical (unpaired) electrons. The third-order valence-electron chi connectivity index (χ3n) is 7.24. The molecule has 10 heteroatoms. The van der Waals surface area contributed by atoms with Crippen LogP contribution in [0.5, 0.6) is 0 Å². The predicted octanol–water partition coefficient (Wildman–Crippen LogP) is 5.44. The number of hydrogen-bond donors (Lipinski definition) is 4. The van der Waals surface area contributed by atoms with E-state index < -0.39 is 15.3 Å². The lowest BCUT2D eigenvalue weighted by Crippen LogP contribution is -2.44. The Hall–Kier alpha value is -2.40. The number of ether oxygens (including phenoxy) is 1. The monoisotopic (exact) mass is 517 g/mol. The summed E-state index contributed by atoms with van der Waals surface area (Å²) in [7, 11) is -3.01. The summed E-state index contributed by atoms with van der Waals surface area (Å²) in [6.07, 6.45) is 3.22. The van der Waals surface area contributed by atoms with Crippen molar-refractivity contribution in [2.45, 2.75) is 76.0 Å². The van der Waals surface area contributed by atoms with Crippen LogP contribution in [0.4, 0.5) is 16.3 Å². The minimum atomic E-state index is -3.01. The number of nitrogens with one attached hydrogen (secondary N) is 2. The van der Waals surface area contributed by atoms with E-state index in [4.69, 9.17) is 14.7 Å². The molecule has 2 fully saturated rings. The van der Waals surface area contributed by atoms with E-state index in [0.717, 1.165) is 30.6 Å². The highest BCUT2D eigenvalue weighted by Crippen LogP contribution is 2.60. The molecule has 4 N–H and O–H groups in total. The Morgan fingerprint density at radius 2 is 1.89 bits per heavy atom. The number of anilines is 2. The fraction of sp³-hybridized carbons (Fsp3) is 0.577. The molecule has 1 saturated carbocycles. The van der Waals surface area contributed by atoms with Crippen molar-refractivity contribution >= 4 is 28.1 Å². The highest BCUT2D eigenvalue weighted by molar-refractivity contribution is 8.25. The first-order valence-corrected chi connectivity index (χ1v) is 14.3. The molecular formula is C26H39N5O4S. The lowest BCUT2D eigenvalue weighted by molar-refractivity contribution is 0.0985. The van der Waals surface area contributed by atoms with Gasteiger partial charge in [0, 0.05) is 35.2 Å². The van der Waals surface area contributed by atoms with Gasteiger partial charge < -0.3 is 20.3 Å². The highest BCUT2D eigenvalue weighted by atomic mass is 32.3. The number of nitrogens with zero attached hydrogens (tertiary/aromatic N) is 3. The molecular weight excluding hydrogens is 478 g/mol. The summed E-state index contributed by atoms with van der Waals surface area (Å²) in [5, 5.41) is 5.53. The molecule has 1 aliphatic heterocycles. The molecule has 9 nitrogen and oxygen atoms in total. The third-order valence-corrected chi connectivity index (χ3v) is 10.3. The number of carbonyl (C=O) groups is 1. The topological polar surface area (TPSA) is 120 Å². The van der Waals surface area contributed by atoms with Crippen molar-refractivity contribution in [1.82, 2.24) is 15.3 Å². The van der Waals surface area contributed by atoms with E-state index in [1.54, 1.807) is 0 Å². The summed E-state index contributed by atoms with van der Waals surface area (Å²) in [6.45, 7) is 11.3. The lowest BCUT2D eigenvalue weighted by Gasteiger charge is -2.49. The number of rotatable bonds is 7. The summed E-state index contributed by atoms with van der Waals surface area (Å²) in [5.41, 5.74) is 2.04. The van der Waals surface area contributed by atoms with E-state index in [2.05, 4.69) is 22.5 Å². The minimum Gasteiger partial charge on any atom is -0.377 e. The van der Waals surface area contributed by atoms with Gasteiger partial charge in [0.1, 0.15) is 5.82 Å². The van der Waals surface area contributed by atoms with Crippen LogP contribution in [0.15, 0.2) is 30.3 Å². The first-order chi connectivity index (χ1) is 17.0. The van der Waals surface area contributed by atoms with Crippen LogP contribution in [0.1, 0.15) is 59.6 Å². The zero-order valence-corrected chi connectivity index (χ0v) is 22.6. The van der Waals surface area contributed by atoms with Gasteiger partial charge in [0.25, 0.3) is 0 Å². The normalized spacial score (nSPS) is 19.7. The Morgan fingerprint density at radius 3 is 2.47 bits per heavy atom. The maximum atomic E-state index is 12.2. The van der Waals surface area contributed by atoms with Crippen molar-refractivity contribution in [3.63, 3.8) is 0 Å². The molecule has 0 spiro atoms. The Labute approximate surface area is 215 Å². The Bertz CT molecular complexity index is 1070. The van der Waals surface area contributed by atoms with Crippen LogP contribution in [0, 0.1) is 0 Å². The lowest BCUT2D eigenvalue weighted by atomic mass is 9.93. The second-order valence-electron chi connectivity index (χ2n) is 10.5. The van der Waals surface area contributed by atoms with Gasteiger partial charge in [-0.1, -0.05) is 0 Å². The van der Waals surface area contributed by atoms with Crippen LogP contribution in [0.25, 0.3) is 11.4 Å². The number of carbonyl (C=O) groups excluding carboxylic acids is 1. The van der Waals surface area contributed by atoms with Gasteiger partial charge in [-0.3, -0.25) is 9.11 Å². The van der Waals surface area contributed by atoms with Gasteiger partial charge in [0.2, 0.25) is 0 Å². The number of morpholine rings is 1. The summed E-state index contributed by atoms with van der Waals surface area (Å²) < 4.78 is 26.8. The van der Waals surface area contributed by atoms with Gasteiger partial charge in [-0.05, 0) is 78.1 Å². The van der Waals surface area contributed by atoms with Gasteiger partial charge in [-0.15, -0.1) is 0 Å². The molecule has 2 aliphatic rings. The first-order valence-electron chi connectivity index (χ1n) is 12.7. The van der Waals surface area contributed by atoms with Crippen LogP contribution < -0.4 is 15.5 Å². The molecule has 1 saturated heterocycles. The molecule has 0 unspecified atom stereocenters. The number of urea groups is 1. The quantitative estimate of drug-likeness (QED) is 0.386. The van der Waals surface area contributed by atoms with E-state index >= 15 is 0 Å². The largest absolute Gasteiger partial charge is 0.377 e. The molecule has 2 aromatic rings. The molecule has 1 aliphatic carbocycles. The number of amides is 2. The molecule has 4 rings (SSSR count). The molecule has 2 heterocycles. The number of aromatic nitrogens is 2. The van der Waals surface area contributed by atoms with Crippen molar-refractivity contribution in [3.8, 4) is 11.4 Å². The molecule has 198 valence electrons. The maximum Gasteiger partial charge on any atom is 0.319 e. The predicted molar refractivity (Wildman–Crippen MR) is 146 cm³/mol. The van der Waals surface area contributed by atoms with E-state index in [-0.39, 0.29) is 23.4 Å². The zero-order chi connectivity index (χ0) is 26.1. The van der Waals surface area contributed by atoms with E-state index in [1.807, 2.05) is 58.0 Å². The van der Waals surface area contributed by atoms with Crippen LogP contribution in [-0.2, 0) is 9.48 Å². The van der Waals surface area contributed by atoms with Crippen LogP contribution >= 0.6 is 10.6 Å². The van der Waals surface area contributed by atoms with Gasteiger partial charge in [0.15, 0.2) is 5.82 Å². The second kappa shape index (κ2) is 10.5. The Balaban J connectivity index is 1.66. The minimum absolute atomic E-state index is 0.128. The van der Waals surface area contributed by atoms with Gasteiger partial charge in [-0.25, -0.2) is 14.8 Å². The molecule has 2 amide bonds. The molecule has 36 heavy (non-hydrogen) atoms. The SMILES string of the molecule is CC(C)S(O)(O)C(C)(C)c1cc(N2CCOC[C@@H]2C)nc(-c2ccc(NC(=O)NC3CCC3)cc2)n1. The standard InChI is InChI=1S/C26H39N5O4S/c1-17(2)36(33,34)26(4,5)22-15-23(31-13-14-35-16-18(31)3)30-24(29-22)19-9-11-21(12-10-19)28-25(32)27-20-7-6-8-20/h9-12,15,17-18,20,33-34H,6-8,13-14,16H2,1-5H3,(H2,27,28,32)/t18-/m0/s1. The fourth-order valence-electron chi connectivity index (χ4n) is 4.44. The fourth-order valence-corrected chi connectivity index (χ4v) is 6.03. The van der Waals surface area contributed by atoms with E-state index in [1.165, 1.54) is 0 Å². The maximum absolute atomic E-state index is 12.2. The van der Waals surface area contributed by atoms with E-state index in [9.17, 15) is 13.9 Å². The van der Waals surface area contributed by atoms with Crippen molar-refractivity contribution in [3.05, 3.63) is 36.0 Å². The number of hydrogen-bond acceptors (Lipinski definition) is 7. The Kier molecular flexibility index (Phi) is 7.80. The van der Waals surface area contributed by atoms with E-state index in [0.29, 0.717) is 37.0 Å². The first kappa shape index (κ1) is 26.7. The summed E-state index contributed by atoms with van der Waals surface area (Å²) in [4.78, 5) is 24.1. The Morgan fingerprint density at radius 1 is 1.19 bits per heavy atom. The van der Waals surface area contributed by atoms with Crippen molar-refractivity contribution < 1.29 is 18.6 Å². The molecule has 1 aromatic heterocycles. The summed E-state index contributed by atoms with van der Waals surface area (Å²) in [5.74, 6) is 1.23. The summed E-state index contributed by atoms with van der Waals surface area (Å²) in [6, 6.07) is 9.48. The number of benzene rings is 1. The van der Waals surface area contributed by atoms with Crippen LogP contribution in [0.2, 0.25) is 0 Å². The smallest absolute Gasteiger partial charge is 0.319 e. The molecule has 1 aromatic carbocycles. The van der Waals surface area contributed by atoms with Gasteiger partial charge >= 0.3 is 6.03 Å². The van der Waals surface area contributed by atoms with Crippen molar-refractivity contribution in [1.29, 1.82) is 0 Å². The third kappa shape index (κ3) is 5.46. The highest BCUT2D eigenvalue weighted by Gasteiger charge is 2.40. The van der Waals surface area contributed by atoms with Crippen LogP contribution in [-0.4, -0.2) is 62.2 Å². The van der Waals surface area contributed by atoms with Crippen LogP contribution in [0.3, 0.4) is 0 Å². The molecule has 1 atom stereocenters. The zero-order valence-electron chi connectivity index (χ0n) is 21.8. The average molecular weight is 518 g/mol. The van der Waals surface area contributed by atoms with Gasteiger partial charge in [-0.2, -0.15) is 10.6 Å². The average Bonchev–Trinajstić information content (AvgIpc) is 2.81. The second-order valence-corrected chi connectivity index (χ2v) is 13.7. The van der Waals surface area contributed by atoms with Gasteiger partial charge in [0.05, 0.1) is 29.7 Å². The van der Waals surface area contributed by atoms with Crippen molar-refractivity contribution in [2.75, 3.05) is 30.0 Å². The summed E-state index contributed by atoms with van der Waals surface area (Å²) >= 11 is 0.